The molecule has 0 aliphatic carbocycles. The molecule has 0 aliphatic heterocycles. The van der Waals surface area contributed by atoms with E-state index >= 15 is 0 Å². The Bertz CT molecular complexity index is 427. The van der Waals surface area contributed by atoms with Gasteiger partial charge in [-0.25, -0.2) is 4.79 Å². The molecule has 1 aromatic rings. The van der Waals surface area contributed by atoms with Gasteiger partial charge in [-0.05, 0) is 30.5 Å². The Balaban J connectivity index is 2.40. The molecule has 0 spiro atoms. The van der Waals surface area contributed by atoms with Crippen LogP contribution in [0.25, 0.3) is 0 Å². The number of nitrogens with one attached hydrogen (secondary N) is 1. The lowest BCUT2D eigenvalue weighted by atomic mass is 10.1. The fourth-order valence-electron chi connectivity index (χ4n) is 1.55. The molecule has 0 atom stereocenters. The highest BCUT2D eigenvalue weighted by molar-refractivity contribution is 5.89. The third-order valence-corrected chi connectivity index (χ3v) is 2.60. The fraction of sp³-hybridized carbons (Fsp3) is 0.429. The van der Waals surface area contributed by atoms with E-state index in [4.69, 9.17) is 5.73 Å². The summed E-state index contributed by atoms with van der Waals surface area (Å²) >= 11 is 0. The number of rotatable bonds is 6. The van der Waals surface area contributed by atoms with E-state index in [2.05, 4.69) is 22.0 Å². The molecule has 0 bridgehead atoms. The lowest BCUT2D eigenvalue weighted by Crippen LogP contribution is -2.33. The van der Waals surface area contributed by atoms with Crippen LogP contribution in [-0.4, -0.2) is 32.1 Å². The number of benzene rings is 1. The summed E-state index contributed by atoms with van der Waals surface area (Å²) in [5.74, 6) is 0.161. The molecular weight excluding hydrogens is 242 g/mol. The van der Waals surface area contributed by atoms with Gasteiger partial charge < -0.3 is 15.8 Å². The number of carbonyl (C=O) groups excluding carboxylic acids is 1. The predicted octanol–water partition coefficient (Wildman–Crippen LogP) is 1.33. The molecule has 0 unspecified atom stereocenters. The molecule has 0 amide bonds. The molecule has 5 heteroatoms. The molecule has 3 N–H and O–H groups in total. The minimum Gasteiger partial charge on any atom is -0.465 e. The van der Waals surface area contributed by atoms with E-state index in [1.165, 1.54) is 7.11 Å². The van der Waals surface area contributed by atoms with Gasteiger partial charge in [0.25, 0.3) is 0 Å². The standard InChI is InChI=1S/C14H21N3O2/c1-3-9-16-14(15)17-10-8-11-4-6-12(7-5-11)13(18)19-2/h4-7H,3,8-10H2,1-2H3,(H3,15,16,17). The van der Waals surface area contributed by atoms with Crippen molar-refractivity contribution in [3.8, 4) is 0 Å². The summed E-state index contributed by atoms with van der Waals surface area (Å²) in [6.45, 7) is 3.52. The van der Waals surface area contributed by atoms with Gasteiger partial charge in [0.15, 0.2) is 5.96 Å². The van der Waals surface area contributed by atoms with Crippen molar-refractivity contribution >= 4 is 11.9 Å². The number of nitrogens with zero attached hydrogens (tertiary/aromatic N) is 1. The second-order valence-electron chi connectivity index (χ2n) is 4.13. The number of ether oxygens (including phenoxy) is 1. The van der Waals surface area contributed by atoms with Gasteiger partial charge in [-0.15, -0.1) is 0 Å². The van der Waals surface area contributed by atoms with Crippen molar-refractivity contribution in [2.24, 2.45) is 10.7 Å². The van der Waals surface area contributed by atoms with Crippen molar-refractivity contribution in [3.05, 3.63) is 35.4 Å². The number of hydrogen-bond donors (Lipinski definition) is 2. The van der Waals surface area contributed by atoms with Gasteiger partial charge in [0.05, 0.1) is 12.7 Å². The second-order valence-corrected chi connectivity index (χ2v) is 4.13. The van der Waals surface area contributed by atoms with E-state index in [9.17, 15) is 4.79 Å². The average molecular weight is 263 g/mol. The number of methoxy groups -OCH3 is 1. The van der Waals surface area contributed by atoms with Gasteiger partial charge in [0.1, 0.15) is 0 Å². The maximum absolute atomic E-state index is 11.3. The maximum atomic E-state index is 11.3. The second kappa shape index (κ2) is 8.13. The van der Waals surface area contributed by atoms with Crippen molar-refractivity contribution in [2.75, 3.05) is 20.2 Å². The van der Waals surface area contributed by atoms with Crippen LogP contribution in [0.1, 0.15) is 29.3 Å². The number of esters is 1. The first kappa shape index (κ1) is 15.0. The largest absolute Gasteiger partial charge is 0.465 e. The minimum atomic E-state index is -0.319. The number of guanidine groups is 1. The SMILES string of the molecule is CCCN=C(N)NCCc1ccc(C(=O)OC)cc1. The van der Waals surface area contributed by atoms with Crippen molar-refractivity contribution in [2.45, 2.75) is 19.8 Å². The monoisotopic (exact) mass is 263 g/mol. The molecule has 1 rings (SSSR count). The molecule has 0 saturated carbocycles. The van der Waals surface area contributed by atoms with Gasteiger partial charge in [0.2, 0.25) is 0 Å². The first-order valence-corrected chi connectivity index (χ1v) is 6.38. The molecule has 0 radical (unpaired) electrons. The number of nitrogens with two attached hydrogens (primary N) is 1. The van der Waals surface area contributed by atoms with Crippen molar-refractivity contribution in [1.29, 1.82) is 0 Å². The highest BCUT2D eigenvalue weighted by Crippen LogP contribution is 2.05. The van der Waals surface area contributed by atoms with Crippen LogP contribution < -0.4 is 11.1 Å². The van der Waals surface area contributed by atoms with Crippen LogP contribution >= 0.6 is 0 Å². The van der Waals surface area contributed by atoms with Crippen LogP contribution in [0.15, 0.2) is 29.3 Å². The Morgan fingerprint density at radius 2 is 2.05 bits per heavy atom. The third-order valence-electron chi connectivity index (χ3n) is 2.60. The lowest BCUT2D eigenvalue weighted by Gasteiger charge is -2.06. The fourth-order valence-corrected chi connectivity index (χ4v) is 1.55. The summed E-state index contributed by atoms with van der Waals surface area (Å²) in [6, 6.07) is 7.34. The molecule has 19 heavy (non-hydrogen) atoms. The predicted molar refractivity (Wildman–Crippen MR) is 76.3 cm³/mol. The third kappa shape index (κ3) is 5.42. The van der Waals surface area contributed by atoms with Gasteiger partial charge in [-0.2, -0.15) is 0 Å². The zero-order valence-corrected chi connectivity index (χ0v) is 11.5. The molecule has 0 saturated heterocycles. The van der Waals surface area contributed by atoms with E-state index in [0.29, 0.717) is 11.5 Å². The summed E-state index contributed by atoms with van der Waals surface area (Å²) in [4.78, 5) is 15.4. The quantitative estimate of drug-likeness (QED) is 0.461. The minimum absolute atomic E-state index is 0.319. The Kier molecular flexibility index (Phi) is 6.43. The van der Waals surface area contributed by atoms with E-state index < -0.39 is 0 Å². The molecule has 0 aliphatic rings. The Morgan fingerprint density at radius 3 is 2.63 bits per heavy atom. The molecule has 1 aromatic carbocycles. The zero-order chi connectivity index (χ0) is 14.1. The maximum Gasteiger partial charge on any atom is 0.337 e. The molecular formula is C14H21N3O2. The smallest absolute Gasteiger partial charge is 0.337 e. The average Bonchev–Trinajstić information content (AvgIpc) is 2.45. The van der Waals surface area contributed by atoms with Crippen LogP contribution in [0, 0.1) is 0 Å². The molecule has 5 nitrogen and oxygen atoms in total. The van der Waals surface area contributed by atoms with E-state index in [1.54, 1.807) is 12.1 Å². The van der Waals surface area contributed by atoms with E-state index in [-0.39, 0.29) is 5.97 Å². The van der Waals surface area contributed by atoms with Gasteiger partial charge in [-0.1, -0.05) is 19.1 Å². The first-order chi connectivity index (χ1) is 9.17. The number of hydrogen-bond acceptors (Lipinski definition) is 3. The Hall–Kier alpha value is -2.04. The van der Waals surface area contributed by atoms with Crippen molar-refractivity contribution < 1.29 is 9.53 Å². The van der Waals surface area contributed by atoms with Gasteiger partial charge >= 0.3 is 5.97 Å². The summed E-state index contributed by atoms with van der Waals surface area (Å²) in [5, 5.41) is 3.05. The molecule has 0 fully saturated rings. The molecule has 0 aromatic heterocycles. The summed E-state index contributed by atoms with van der Waals surface area (Å²) < 4.78 is 4.64. The summed E-state index contributed by atoms with van der Waals surface area (Å²) in [7, 11) is 1.37. The zero-order valence-electron chi connectivity index (χ0n) is 11.5. The Labute approximate surface area is 113 Å². The van der Waals surface area contributed by atoms with E-state index in [1.807, 2.05) is 12.1 Å². The normalized spacial score (nSPS) is 11.2. The Morgan fingerprint density at radius 1 is 1.37 bits per heavy atom. The van der Waals surface area contributed by atoms with Crippen molar-refractivity contribution in [3.63, 3.8) is 0 Å². The highest BCUT2D eigenvalue weighted by Gasteiger charge is 2.03. The van der Waals surface area contributed by atoms with Crippen LogP contribution in [-0.2, 0) is 11.2 Å². The first-order valence-electron chi connectivity index (χ1n) is 6.38. The van der Waals surface area contributed by atoms with Gasteiger partial charge in [-0.3, -0.25) is 4.99 Å². The van der Waals surface area contributed by atoms with Crippen LogP contribution in [0.4, 0.5) is 0 Å². The van der Waals surface area contributed by atoms with Crippen LogP contribution in [0.5, 0.6) is 0 Å². The highest BCUT2D eigenvalue weighted by atomic mass is 16.5. The lowest BCUT2D eigenvalue weighted by molar-refractivity contribution is 0.0600. The van der Waals surface area contributed by atoms with Crippen molar-refractivity contribution in [1.82, 2.24) is 5.32 Å². The molecule has 104 valence electrons. The summed E-state index contributed by atoms with van der Waals surface area (Å²) in [5.41, 5.74) is 7.37. The topological polar surface area (TPSA) is 76.7 Å². The van der Waals surface area contributed by atoms with Crippen LogP contribution in [0.3, 0.4) is 0 Å². The van der Waals surface area contributed by atoms with Gasteiger partial charge in [0, 0.05) is 13.1 Å². The molecule has 0 heterocycles. The number of aliphatic imine (C=N–C) groups is 1. The van der Waals surface area contributed by atoms with E-state index in [0.717, 1.165) is 31.5 Å². The summed E-state index contributed by atoms with van der Waals surface area (Å²) in [6.07, 6.45) is 1.81. The number of carbonyl (C=O) groups is 1. The van der Waals surface area contributed by atoms with Crippen LogP contribution in [0.2, 0.25) is 0 Å².